The fraction of sp³-hybridized carbons (Fsp3) is 0.105. The first-order valence-corrected chi connectivity index (χ1v) is 15.0. The van der Waals surface area contributed by atoms with Crippen molar-refractivity contribution in [2.24, 2.45) is 0 Å². The number of rotatable bonds is 6. The molecule has 0 bridgehead atoms. The van der Waals surface area contributed by atoms with Crippen molar-refractivity contribution in [3.8, 4) is 0 Å². The predicted octanol–water partition coefficient (Wildman–Crippen LogP) is 8.18. The van der Waals surface area contributed by atoms with Crippen molar-refractivity contribution in [1.82, 2.24) is 4.98 Å². The van der Waals surface area contributed by atoms with Gasteiger partial charge in [0, 0.05) is 21.4 Å². The van der Waals surface area contributed by atoms with Crippen LogP contribution in [0.5, 0.6) is 0 Å². The van der Waals surface area contributed by atoms with Crippen LogP contribution in [0.3, 0.4) is 0 Å². The van der Waals surface area contributed by atoms with E-state index in [1.807, 2.05) is 66.7 Å². The van der Waals surface area contributed by atoms with Gasteiger partial charge in [-0.25, -0.2) is 0 Å². The van der Waals surface area contributed by atoms with Gasteiger partial charge >= 0.3 is 37.9 Å². The fourth-order valence-corrected chi connectivity index (χ4v) is 2.57. The number of pyridine rings is 1. The topological polar surface area (TPSA) is 41.1 Å². The van der Waals surface area contributed by atoms with Crippen molar-refractivity contribution in [3.63, 3.8) is 0 Å². The summed E-state index contributed by atoms with van der Waals surface area (Å²) in [6.07, 6.45) is 0. The average Bonchev–Trinajstić information content (AvgIpc) is 2.66. The van der Waals surface area contributed by atoms with Crippen LogP contribution in [-0.4, -0.2) is 4.98 Å². The molecule has 27 heavy (non-hydrogen) atoms. The summed E-state index contributed by atoms with van der Waals surface area (Å²) in [6.45, 7) is 1.01. The van der Waals surface area contributed by atoms with Gasteiger partial charge in [0.05, 0.1) is 0 Å². The third-order valence-electron chi connectivity index (χ3n) is 3.33. The van der Waals surface area contributed by atoms with Gasteiger partial charge < -0.3 is 10.6 Å². The van der Waals surface area contributed by atoms with Crippen molar-refractivity contribution in [2.75, 3.05) is 0 Å². The van der Waals surface area contributed by atoms with Gasteiger partial charge in [-0.05, 0) is 24.3 Å². The summed E-state index contributed by atoms with van der Waals surface area (Å²) in [6, 6.07) is 20.8. The van der Waals surface area contributed by atoms with E-state index in [9.17, 15) is 0 Å². The fourth-order valence-electron chi connectivity index (χ4n) is 2.20. The average molecular weight is 518 g/mol. The summed E-state index contributed by atoms with van der Waals surface area (Å²) in [5.41, 5.74) is 3.49. The van der Waals surface area contributed by atoms with E-state index in [2.05, 4.69) is 15.6 Å². The van der Waals surface area contributed by atoms with E-state index in [1.54, 1.807) is 0 Å². The van der Waals surface area contributed by atoms with Gasteiger partial charge in [-0.15, -0.1) is 11.4 Å². The van der Waals surface area contributed by atoms with Crippen molar-refractivity contribution in [3.05, 3.63) is 98.8 Å². The zero-order valence-electron chi connectivity index (χ0n) is 14.1. The van der Waals surface area contributed by atoms with Crippen molar-refractivity contribution in [1.29, 1.82) is 0 Å². The normalized spacial score (nSPS) is 9.63. The molecule has 0 aliphatic rings. The summed E-state index contributed by atoms with van der Waals surface area (Å²) in [5.74, 6) is 0. The van der Waals surface area contributed by atoms with Crippen molar-refractivity contribution in [2.45, 2.75) is 13.1 Å². The molecule has 0 N–H and O–H groups in total. The zero-order valence-corrected chi connectivity index (χ0v) is 19.6. The molecule has 0 radical (unpaired) electrons. The van der Waals surface area contributed by atoms with Crippen LogP contribution in [0.4, 0.5) is 11.4 Å². The van der Waals surface area contributed by atoms with E-state index in [4.69, 9.17) is 40.2 Å². The molecule has 0 spiro atoms. The van der Waals surface area contributed by atoms with Crippen LogP contribution in [0, 0.1) is 0 Å². The Morgan fingerprint density at radius 2 is 1.11 bits per heavy atom. The summed E-state index contributed by atoms with van der Waals surface area (Å²) < 4.78 is 0. The second-order valence-electron chi connectivity index (χ2n) is 5.28. The first kappa shape index (κ1) is 22.5. The number of hydrogen-bond donors (Lipinski definition) is 0. The van der Waals surface area contributed by atoms with Gasteiger partial charge in [0.25, 0.3) is 0 Å². The Morgan fingerprint density at radius 3 is 1.52 bits per heavy atom. The summed E-state index contributed by atoms with van der Waals surface area (Å²) in [4.78, 5) is 4.59. The molecule has 0 aliphatic heterocycles. The molecule has 3 rings (SSSR count). The van der Waals surface area contributed by atoms with E-state index in [-0.39, 0.29) is 0 Å². The van der Waals surface area contributed by atoms with Gasteiger partial charge in [0.1, 0.15) is 0 Å². The molecule has 138 valence electrons. The molecule has 1 heterocycles. The molecule has 0 fully saturated rings. The molecule has 0 atom stereocenters. The molecule has 0 amide bonds. The van der Waals surface area contributed by atoms with Crippen LogP contribution in [0.1, 0.15) is 11.4 Å². The minimum absolute atomic E-state index is 0.505. The second kappa shape index (κ2) is 12.6. The van der Waals surface area contributed by atoms with Crippen LogP contribution in [-0.2, 0) is 33.9 Å². The Hall–Kier alpha value is -0.767. The molecule has 0 saturated carbocycles. The number of nitrogens with zero attached hydrogens (tertiary/aromatic N) is 3. The first-order valence-electron chi connectivity index (χ1n) is 7.88. The van der Waals surface area contributed by atoms with Crippen LogP contribution in [0.15, 0.2) is 66.7 Å². The Balaban J connectivity index is 0.000000817. The molecule has 3 aromatic rings. The zero-order chi connectivity index (χ0) is 19.5. The van der Waals surface area contributed by atoms with E-state index in [1.165, 1.54) is 0 Å². The predicted molar refractivity (Wildman–Crippen MR) is 112 cm³/mol. The SMILES string of the molecule is Clc1cccc([N-]Cc2cccc(C[N-]c3cccc(Cl)c3)n2)c1.[Cl][Zr+2][Cl]. The summed E-state index contributed by atoms with van der Waals surface area (Å²) >= 11 is 11.1. The quantitative estimate of drug-likeness (QED) is 0.325. The molecular weight excluding hydrogens is 503 g/mol. The number of halogens is 4. The summed E-state index contributed by atoms with van der Waals surface area (Å²) in [7, 11) is 9.87. The van der Waals surface area contributed by atoms with Gasteiger partial charge in [-0.3, -0.25) is 4.98 Å². The monoisotopic (exact) mass is 515 g/mol. The second-order valence-corrected chi connectivity index (χ2v) is 9.89. The van der Waals surface area contributed by atoms with Gasteiger partial charge in [-0.2, -0.15) is 0 Å². The minimum atomic E-state index is -0.826. The molecule has 3 nitrogen and oxygen atoms in total. The van der Waals surface area contributed by atoms with Gasteiger partial charge in [-0.1, -0.05) is 78.8 Å². The number of aromatic nitrogens is 1. The summed E-state index contributed by atoms with van der Waals surface area (Å²) in [5, 5.41) is 10.4. The third kappa shape index (κ3) is 8.85. The number of hydrogen-bond acceptors (Lipinski definition) is 1. The number of benzene rings is 2. The van der Waals surface area contributed by atoms with Crippen LogP contribution < -0.4 is 0 Å². The molecule has 2 aromatic carbocycles. The maximum absolute atomic E-state index is 5.96. The molecule has 8 heteroatoms. The van der Waals surface area contributed by atoms with E-state index >= 15 is 0 Å². The van der Waals surface area contributed by atoms with Crippen LogP contribution in [0.2, 0.25) is 10.0 Å². The first-order chi connectivity index (χ1) is 13.1. The molecule has 0 saturated heterocycles. The molecule has 1 aromatic heterocycles. The molecule has 0 aliphatic carbocycles. The van der Waals surface area contributed by atoms with Crippen molar-refractivity contribution >= 4 is 51.6 Å². The van der Waals surface area contributed by atoms with Gasteiger partial charge in [0.2, 0.25) is 0 Å². The van der Waals surface area contributed by atoms with Crippen LogP contribution in [0.25, 0.3) is 10.6 Å². The Morgan fingerprint density at radius 1 is 0.704 bits per heavy atom. The van der Waals surface area contributed by atoms with E-state index in [0.717, 1.165) is 22.8 Å². The van der Waals surface area contributed by atoms with E-state index in [0.29, 0.717) is 23.1 Å². The molecular formula is C19H15Cl4N3Zr. The van der Waals surface area contributed by atoms with E-state index < -0.39 is 20.8 Å². The van der Waals surface area contributed by atoms with Gasteiger partial charge in [0.15, 0.2) is 0 Å². The molecule has 0 unspecified atom stereocenters. The Labute approximate surface area is 188 Å². The third-order valence-corrected chi connectivity index (χ3v) is 3.80. The van der Waals surface area contributed by atoms with Crippen LogP contribution >= 0.6 is 40.2 Å². The van der Waals surface area contributed by atoms with Crippen molar-refractivity contribution < 1.29 is 20.8 Å². The Bertz CT molecular complexity index is 784. The standard InChI is InChI=1S/C19H15Cl2N3.2ClH.Zr/c20-14-4-1-6-16(10-14)22-12-18-8-3-9-19(24-18)13-23-17-7-2-5-15(21)11-17;;;/h1-11H,12-13H2;2*1H;/q-2;;;+4/p-2. The Kier molecular flexibility index (Phi) is 10.5. The maximum atomic E-state index is 5.96.